The number of amides is 1. The van der Waals surface area contributed by atoms with Crippen molar-refractivity contribution < 1.29 is 18.0 Å². The Labute approximate surface area is 185 Å². The summed E-state index contributed by atoms with van der Waals surface area (Å²) in [6.07, 6.45) is 0.117. The first-order valence-corrected chi connectivity index (χ1v) is 10.0. The maximum atomic E-state index is 12.9. The summed E-state index contributed by atoms with van der Waals surface area (Å²) < 4.78 is 42.2. The molecule has 10 heteroatoms. The van der Waals surface area contributed by atoms with E-state index >= 15 is 0 Å². The molecule has 0 saturated heterocycles. The van der Waals surface area contributed by atoms with E-state index in [4.69, 9.17) is 0 Å². The molecular formula is C23H17F3N6O. The zero-order valence-corrected chi connectivity index (χ0v) is 17.3. The standard InChI is InChI=1S/C23H17F3N6O/c1-31-13-18-17-10-14(22(33)29-11-15-4-2-3-9-27-15)5-7-19(17)32(21(18)30-31)16-6-8-20(28-12-16)23(24,25)26/h2-10,12-13H,11H2,1H3,(H,29,33). The maximum absolute atomic E-state index is 12.9. The van der Waals surface area contributed by atoms with Gasteiger partial charge in [0.1, 0.15) is 5.69 Å². The zero-order chi connectivity index (χ0) is 23.2. The van der Waals surface area contributed by atoms with Crippen LogP contribution in [0.2, 0.25) is 0 Å². The van der Waals surface area contributed by atoms with Gasteiger partial charge in [-0.2, -0.15) is 18.3 Å². The van der Waals surface area contributed by atoms with Gasteiger partial charge in [-0.15, -0.1) is 0 Å². The molecule has 0 radical (unpaired) electrons. The van der Waals surface area contributed by atoms with Crippen LogP contribution in [-0.2, 0) is 19.8 Å². The highest BCUT2D eigenvalue weighted by molar-refractivity contribution is 6.10. The quantitative estimate of drug-likeness (QED) is 0.444. The number of hydrogen-bond donors (Lipinski definition) is 1. The summed E-state index contributed by atoms with van der Waals surface area (Å²) >= 11 is 0. The average Bonchev–Trinajstić information content (AvgIpc) is 3.32. The van der Waals surface area contributed by atoms with Gasteiger partial charge >= 0.3 is 6.18 Å². The summed E-state index contributed by atoms with van der Waals surface area (Å²) in [5, 5.41) is 8.84. The van der Waals surface area contributed by atoms with Crippen LogP contribution in [0.25, 0.3) is 27.6 Å². The number of carbonyl (C=O) groups excluding carboxylic acids is 1. The fourth-order valence-electron chi connectivity index (χ4n) is 3.76. The summed E-state index contributed by atoms with van der Waals surface area (Å²) in [6, 6.07) is 12.9. The van der Waals surface area contributed by atoms with E-state index in [0.717, 1.165) is 22.5 Å². The van der Waals surface area contributed by atoms with Crippen molar-refractivity contribution in [2.45, 2.75) is 12.7 Å². The van der Waals surface area contributed by atoms with Gasteiger partial charge in [0.25, 0.3) is 5.91 Å². The van der Waals surface area contributed by atoms with Crippen molar-refractivity contribution in [1.82, 2.24) is 29.6 Å². The van der Waals surface area contributed by atoms with Crippen LogP contribution < -0.4 is 5.32 Å². The number of pyridine rings is 2. The molecule has 4 aromatic heterocycles. The lowest BCUT2D eigenvalue weighted by atomic mass is 10.1. The fourth-order valence-corrected chi connectivity index (χ4v) is 3.76. The van der Waals surface area contributed by atoms with Gasteiger partial charge in [-0.05, 0) is 42.5 Å². The summed E-state index contributed by atoms with van der Waals surface area (Å²) in [4.78, 5) is 20.5. The second kappa shape index (κ2) is 7.73. The van der Waals surface area contributed by atoms with E-state index < -0.39 is 11.9 Å². The average molecular weight is 450 g/mol. The third kappa shape index (κ3) is 3.79. The molecule has 4 heterocycles. The lowest BCUT2D eigenvalue weighted by molar-refractivity contribution is -0.141. The van der Waals surface area contributed by atoms with Crippen LogP contribution in [-0.4, -0.2) is 30.2 Å². The molecule has 1 N–H and O–H groups in total. The molecule has 166 valence electrons. The number of nitrogens with zero attached hydrogens (tertiary/aromatic N) is 5. The summed E-state index contributed by atoms with van der Waals surface area (Å²) in [7, 11) is 1.75. The third-order valence-corrected chi connectivity index (χ3v) is 5.26. The molecule has 0 saturated carbocycles. The Kier molecular flexibility index (Phi) is 4.85. The van der Waals surface area contributed by atoms with Gasteiger partial charge < -0.3 is 5.32 Å². The Hall–Kier alpha value is -4.21. The SMILES string of the molecule is Cn1cc2c3cc(C(=O)NCc4ccccn4)ccc3n(-c3ccc(C(F)(F)F)nc3)c2n1. The van der Waals surface area contributed by atoms with Crippen molar-refractivity contribution in [3.8, 4) is 5.69 Å². The Balaban J connectivity index is 1.55. The first-order valence-electron chi connectivity index (χ1n) is 10.0. The van der Waals surface area contributed by atoms with E-state index in [1.807, 2.05) is 12.1 Å². The van der Waals surface area contributed by atoms with Crippen molar-refractivity contribution in [2.24, 2.45) is 7.05 Å². The zero-order valence-electron chi connectivity index (χ0n) is 17.3. The molecule has 0 aliphatic carbocycles. The van der Waals surface area contributed by atoms with Crippen LogP contribution in [0, 0.1) is 0 Å². The number of nitrogens with one attached hydrogen (secondary N) is 1. The van der Waals surface area contributed by atoms with Crippen LogP contribution in [0.5, 0.6) is 0 Å². The van der Waals surface area contributed by atoms with Gasteiger partial charge in [0.05, 0.1) is 29.6 Å². The van der Waals surface area contributed by atoms with Crippen molar-refractivity contribution in [3.05, 3.63) is 84.1 Å². The Morgan fingerprint density at radius 3 is 2.61 bits per heavy atom. The molecule has 33 heavy (non-hydrogen) atoms. The molecule has 1 aromatic carbocycles. The molecule has 0 aliphatic rings. The minimum Gasteiger partial charge on any atom is -0.346 e. The van der Waals surface area contributed by atoms with Crippen molar-refractivity contribution in [3.63, 3.8) is 0 Å². The van der Waals surface area contributed by atoms with Crippen molar-refractivity contribution >= 4 is 27.8 Å². The normalized spacial score (nSPS) is 11.9. The highest BCUT2D eigenvalue weighted by Crippen LogP contribution is 2.33. The predicted molar refractivity (Wildman–Crippen MR) is 116 cm³/mol. The molecule has 0 aliphatic heterocycles. The Morgan fingerprint density at radius 1 is 1.06 bits per heavy atom. The van der Waals surface area contributed by atoms with Crippen LogP contribution in [0.15, 0.2) is 67.1 Å². The first kappa shape index (κ1) is 20.7. The number of benzene rings is 1. The second-order valence-electron chi connectivity index (χ2n) is 7.51. The van der Waals surface area contributed by atoms with Gasteiger partial charge in [0, 0.05) is 35.8 Å². The first-order chi connectivity index (χ1) is 15.8. The van der Waals surface area contributed by atoms with Crippen LogP contribution in [0.1, 0.15) is 21.7 Å². The van der Waals surface area contributed by atoms with Gasteiger partial charge in [-0.1, -0.05) is 6.07 Å². The van der Waals surface area contributed by atoms with E-state index in [-0.39, 0.29) is 12.5 Å². The molecule has 0 atom stereocenters. The smallest absolute Gasteiger partial charge is 0.346 e. The van der Waals surface area contributed by atoms with Crippen LogP contribution in [0.4, 0.5) is 13.2 Å². The summed E-state index contributed by atoms with van der Waals surface area (Å²) in [5.41, 5.74) is 1.92. The number of halogens is 3. The number of rotatable bonds is 4. The fraction of sp³-hybridized carbons (Fsp3) is 0.130. The van der Waals surface area contributed by atoms with E-state index in [2.05, 4.69) is 20.4 Å². The van der Waals surface area contributed by atoms with Crippen LogP contribution >= 0.6 is 0 Å². The third-order valence-electron chi connectivity index (χ3n) is 5.26. The van der Waals surface area contributed by atoms with Crippen molar-refractivity contribution in [2.75, 3.05) is 0 Å². The summed E-state index contributed by atoms with van der Waals surface area (Å²) in [6.45, 7) is 0.290. The van der Waals surface area contributed by atoms with E-state index in [0.29, 0.717) is 22.4 Å². The largest absolute Gasteiger partial charge is 0.433 e. The number of carbonyl (C=O) groups is 1. The van der Waals surface area contributed by atoms with Gasteiger partial charge in [-0.3, -0.25) is 19.0 Å². The molecule has 7 nitrogen and oxygen atoms in total. The molecular weight excluding hydrogens is 433 g/mol. The molecule has 0 spiro atoms. The number of hydrogen-bond acceptors (Lipinski definition) is 4. The molecule has 1 amide bonds. The van der Waals surface area contributed by atoms with E-state index in [9.17, 15) is 18.0 Å². The number of aromatic nitrogens is 5. The van der Waals surface area contributed by atoms with Gasteiger partial charge in [0.15, 0.2) is 5.65 Å². The monoisotopic (exact) mass is 450 g/mol. The minimum atomic E-state index is -4.52. The molecule has 0 bridgehead atoms. The Bertz CT molecular complexity index is 1470. The second-order valence-corrected chi connectivity index (χ2v) is 7.51. The van der Waals surface area contributed by atoms with E-state index in [1.54, 1.807) is 53.0 Å². The molecule has 0 unspecified atom stereocenters. The van der Waals surface area contributed by atoms with Crippen LogP contribution in [0.3, 0.4) is 0 Å². The molecule has 5 rings (SSSR count). The highest BCUT2D eigenvalue weighted by Gasteiger charge is 2.32. The molecule has 5 aromatic rings. The lowest BCUT2D eigenvalue weighted by Gasteiger charge is -2.09. The molecule has 0 fully saturated rings. The van der Waals surface area contributed by atoms with E-state index in [1.165, 1.54) is 12.3 Å². The summed E-state index contributed by atoms with van der Waals surface area (Å²) in [5.74, 6) is -0.261. The van der Waals surface area contributed by atoms with Crippen molar-refractivity contribution in [1.29, 1.82) is 0 Å². The number of alkyl halides is 3. The topological polar surface area (TPSA) is 77.6 Å². The number of aryl methyl sites for hydroxylation is 1. The predicted octanol–water partition coefficient (Wildman–Crippen LogP) is 4.26. The van der Waals surface area contributed by atoms with Gasteiger partial charge in [-0.25, -0.2) is 4.98 Å². The highest BCUT2D eigenvalue weighted by atomic mass is 19.4. The number of fused-ring (bicyclic) bond motifs is 3. The maximum Gasteiger partial charge on any atom is 0.433 e. The minimum absolute atomic E-state index is 0.261. The van der Waals surface area contributed by atoms with Gasteiger partial charge in [0.2, 0.25) is 0 Å². The Morgan fingerprint density at radius 2 is 1.91 bits per heavy atom. The lowest BCUT2D eigenvalue weighted by Crippen LogP contribution is -2.23.